The van der Waals surface area contributed by atoms with Crippen molar-refractivity contribution in [2.24, 2.45) is 0 Å². The van der Waals surface area contributed by atoms with Gasteiger partial charge in [-0.2, -0.15) is 0 Å². The molecule has 2 N–H and O–H groups in total. The van der Waals surface area contributed by atoms with E-state index in [-0.39, 0.29) is 6.04 Å². The van der Waals surface area contributed by atoms with Crippen LogP contribution >= 0.6 is 0 Å². The monoisotopic (exact) mass is 310 g/mol. The van der Waals surface area contributed by atoms with Gasteiger partial charge in [-0.1, -0.05) is 32.8 Å². The van der Waals surface area contributed by atoms with E-state index < -0.39 is 10.0 Å². The van der Waals surface area contributed by atoms with Gasteiger partial charge in [0.15, 0.2) is 0 Å². The van der Waals surface area contributed by atoms with Crippen molar-refractivity contribution < 1.29 is 8.42 Å². The summed E-state index contributed by atoms with van der Waals surface area (Å²) in [7, 11) is -3.39. The fourth-order valence-corrected chi connectivity index (χ4v) is 4.22. The van der Waals surface area contributed by atoms with Gasteiger partial charge < -0.3 is 5.32 Å². The summed E-state index contributed by atoms with van der Waals surface area (Å²) in [6.07, 6.45) is 5.06. The molecule has 0 amide bonds. The number of nitrogens with one attached hydrogen (secondary N) is 2. The van der Waals surface area contributed by atoms with Gasteiger partial charge in [-0.25, -0.2) is 13.1 Å². The van der Waals surface area contributed by atoms with Gasteiger partial charge in [-0.15, -0.1) is 0 Å². The van der Waals surface area contributed by atoms with Gasteiger partial charge in [0.2, 0.25) is 10.0 Å². The van der Waals surface area contributed by atoms with Gasteiger partial charge in [-0.3, -0.25) is 0 Å². The van der Waals surface area contributed by atoms with Crippen LogP contribution in [-0.2, 0) is 23.0 Å². The van der Waals surface area contributed by atoms with Gasteiger partial charge in [0, 0.05) is 12.6 Å². The molecular weight excluding hydrogens is 284 g/mol. The average molecular weight is 310 g/mol. The van der Waals surface area contributed by atoms with Crippen molar-refractivity contribution in [3.63, 3.8) is 0 Å². The zero-order chi connectivity index (χ0) is 15.3. The summed E-state index contributed by atoms with van der Waals surface area (Å²) in [5.74, 6) is 0. The molecule has 1 fully saturated rings. The molecule has 1 aliphatic carbocycles. The SMILES string of the molecule is CCNCc1cc(S(=O)(=O)NC2CCCC2)ccc1CC. The Morgan fingerprint density at radius 3 is 2.48 bits per heavy atom. The van der Waals surface area contributed by atoms with Crippen molar-refractivity contribution in [3.8, 4) is 0 Å². The van der Waals surface area contributed by atoms with E-state index >= 15 is 0 Å². The van der Waals surface area contributed by atoms with E-state index in [4.69, 9.17) is 0 Å². The van der Waals surface area contributed by atoms with Crippen LogP contribution in [0, 0.1) is 0 Å². The van der Waals surface area contributed by atoms with Crippen LogP contribution in [-0.4, -0.2) is 21.0 Å². The number of benzene rings is 1. The first-order valence-corrected chi connectivity index (χ1v) is 9.40. The standard InChI is InChI=1S/C16H26N2O2S/c1-3-13-9-10-16(11-14(13)12-17-4-2)21(19,20)18-15-7-5-6-8-15/h9-11,15,17-18H,3-8,12H2,1-2H3. The van der Waals surface area contributed by atoms with E-state index in [1.165, 1.54) is 5.56 Å². The van der Waals surface area contributed by atoms with Gasteiger partial charge in [0.05, 0.1) is 4.90 Å². The lowest BCUT2D eigenvalue weighted by atomic mass is 10.1. The minimum absolute atomic E-state index is 0.109. The highest BCUT2D eigenvalue weighted by Gasteiger charge is 2.23. The number of aryl methyl sites for hydroxylation is 1. The van der Waals surface area contributed by atoms with Crippen LogP contribution in [0.1, 0.15) is 50.7 Å². The topological polar surface area (TPSA) is 58.2 Å². The first-order valence-electron chi connectivity index (χ1n) is 7.91. The molecule has 1 saturated carbocycles. The molecule has 2 rings (SSSR count). The van der Waals surface area contributed by atoms with E-state index in [0.29, 0.717) is 11.4 Å². The Labute approximate surface area is 128 Å². The molecule has 5 heteroatoms. The highest BCUT2D eigenvalue weighted by atomic mass is 32.2. The Morgan fingerprint density at radius 1 is 1.14 bits per heavy atom. The van der Waals surface area contributed by atoms with E-state index in [9.17, 15) is 8.42 Å². The number of hydrogen-bond donors (Lipinski definition) is 2. The summed E-state index contributed by atoms with van der Waals surface area (Å²) in [5.41, 5.74) is 2.28. The Balaban J connectivity index is 2.21. The highest BCUT2D eigenvalue weighted by molar-refractivity contribution is 7.89. The molecule has 0 atom stereocenters. The normalized spacial score (nSPS) is 16.5. The van der Waals surface area contributed by atoms with Crippen molar-refractivity contribution in [2.75, 3.05) is 6.54 Å². The molecular formula is C16H26N2O2S. The molecule has 0 heterocycles. The lowest BCUT2D eigenvalue weighted by Crippen LogP contribution is -2.32. The Bertz CT molecular complexity index is 564. The molecule has 0 aromatic heterocycles. The number of sulfonamides is 1. The summed E-state index contributed by atoms with van der Waals surface area (Å²) in [5, 5.41) is 3.28. The van der Waals surface area contributed by atoms with E-state index in [2.05, 4.69) is 17.0 Å². The quantitative estimate of drug-likeness (QED) is 0.814. The zero-order valence-corrected chi connectivity index (χ0v) is 13.8. The second kappa shape index (κ2) is 7.38. The molecule has 0 saturated heterocycles. The van der Waals surface area contributed by atoms with E-state index in [0.717, 1.165) is 44.2 Å². The predicted molar refractivity (Wildman–Crippen MR) is 85.8 cm³/mol. The third kappa shape index (κ3) is 4.28. The van der Waals surface area contributed by atoms with Gasteiger partial charge >= 0.3 is 0 Å². The molecule has 0 bridgehead atoms. The Kier molecular flexibility index (Phi) is 5.79. The van der Waals surface area contributed by atoms with Crippen LogP contribution in [0.25, 0.3) is 0 Å². The minimum atomic E-state index is -3.39. The fraction of sp³-hybridized carbons (Fsp3) is 0.625. The summed E-state index contributed by atoms with van der Waals surface area (Å²) < 4.78 is 27.8. The maximum atomic E-state index is 12.5. The highest BCUT2D eigenvalue weighted by Crippen LogP contribution is 2.22. The summed E-state index contributed by atoms with van der Waals surface area (Å²) in [6.45, 7) is 5.73. The lowest BCUT2D eigenvalue weighted by Gasteiger charge is -2.15. The number of rotatable bonds is 7. The molecule has 0 aliphatic heterocycles. The molecule has 1 aromatic rings. The molecule has 0 radical (unpaired) electrons. The fourth-order valence-electron chi connectivity index (χ4n) is 2.87. The number of hydrogen-bond acceptors (Lipinski definition) is 3. The molecule has 4 nitrogen and oxygen atoms in total. The van der Waals surface area contributed by atoms with Gasteiger partial charge in [0.25, 0.3) is 0 Å². The van der Waals surface area contributed by atoms with Gasteiger partial charge in [-0.05, 0) is 49.1 Å². The third-order valence-corrected chi connectivity index (χ3v) is 5.63. The van der Waals surface area contributed by atoms with Gasteiger partial charge in [0.1, 0.15) is 0 Å². The second-order valence-corrected chi connectivity index (χ2v) is 7.38. The minimum Gasteiger partial charge on any atom is -0.313 e. The average Bonchev–Trinajstić information content (AvgIpc) is 2.96. The zero-order valence-electron chi connectivity index (χ0n) is 13.0. The summed E-state index contributed by atoms with van der Waals surface area (Å²) in [4.78, 5) is 0.388. The van der Waals surface area contributed by atoms with Crippen molar-refractivity contribution in [1.29, 1.82) is 0 Å². The molecule has 118 valence electrons. The maximum absolute atomic E-state index is 12.5. The summed E-state index contributed by atoms with van der Waals surface area (Å²) >= 11 is 0. The first-order chi connectivity index (χ1) is 10.1. The van der Waals surface area contributed by atoms with Crippen molar-refractivity contribution >= 4 is 10.0 Å². The lowest BCUT2D eigenvalue weighted by molar-refractivity contribution is 0.552. The maximum Gasteiger partial charge on any atom is 0.240 e. The largest absolute Gasteiger partial charge is 0.313 e. The Hall–Kier alpha value is -0.910. The van der Waals surface area contributed by atoms with Crippen molar-refractivity contribution in [3.05, 3.63) is 29.3 Å². The van der Waals surface area contributed by atoms with E-state index in [1.54, 1.807) is 6.07 Å². The van der Waals surface area contributed by atoms with Crippen LogP contribution in [0.5, 0.6) is 0 Å². The van der Waals surface area contributed by atoms with Crippen LogP contribution in [0.3, 0.4) is 0 Å². The first kappa shape index (κ1) is 16.5. The molecule has 21 heavy (non-hydrogen) atoms. The van der Waals surface area contributed by atoms with Crippen LogP contribution in [0.4, 0.5) is 0 Å². The van der Waals surface area contributed by atoms with Crippen molar-refractivity contribution in [2.45, 2.75) is 63.4 Å². The van der Waals surface area contributed by atoms with E-state index in [1.807, 2.05) is 19.1 Å². The molecule has 1 aliphatic rings. The smallest absolute Gasteiger partial charge is 0.240 e. The third-order valence-electron chi connectivity index (χ3n) is 4.11. The molecule has 1 aromatic carbocycles. The van der Waals surface area contributed by atoms with Crippen molar-refractivity contribution in [1.82, 2.24) is 10.0 Å². The molecule has 0 spiro atoms. The molecule has 0 unspecified atom stereocenters. The van der Waals surface area contributed by atoms with Crippen LogP contribution in [0.15, 0.2) is 23.1 Å². The summed E-state index contributed by atoms with van der Waals surface area (Å²) in [6, 6.07) is 5.60. The Morgan fingerprint density at radius 2 is 1.86 bits per heavy atom. The predicted octanol–water partition coefficient (Wildman–Crippen LogP) is 2.58. The second-order valence-electron chi connectivity index (χ2n) is 5.67. The van der Waals surface area contributed by atoms with Crippen LogP contribution in [0.2, 0.25) is 0 Å². The van der Waals surface area contributed by atoms with Crippen LogP contribution < -0.4 is 10.0 Å².